The van der Waals surface area contributed by atoms with Crippen molar-refractivity contribution in [2.24, 2.45) is 0 Å². The standard InChI is InChI=1S/C24H30N6/c1-20(2)30-24(25-26-27-30)23(22-13-7-4-8-14-22)29-18-16-28(17-19-29)15-9-12-21-10-5-3-6-11-21/h3-14,20,23H,15-19H2,1-2H3. The predicted molar refractivity (Wildman–Crippen MR) is 120 cm³/mol. The van der Waals surface area contributed by atoms with Crippen molar-refractivity contribution in [2.75, 3.05) is 32.7 Å². The molecule has 1 aromatic heterocycles. The van der Waals surface area contributed by atoms with Crippen molar-refractivity contribution in [1.82, 2.24) is 30.0 Å². The quantitative estimate of drug-likeness (QED) is 0.603. The molecule has 0 N–H and O–H groups in total. The lowest BCUT2D eigenvalue weighted by atomic mass is 10.0. The molecule has 156 valence electrons. The first-order valence-corrected chi connectivity index (χ1v) is 10.7. The highest BCUT2D eigenvalue weighted by Gasteiger charge is 2.30. The van der Waals surface area contributed by atoms with Gasteiger partial charge in [0.2, 0.25) is 0 Å². The fourth-order valence-electron chi connectivity index (χ4n) is 4.01. The second kappa shape index (κ2) is 9.78. The van der Waals surface area contributed by atoms with E-state index in [-0.39, 0.29) is 12.1 Å². The van der Waals surface area contributed by atoms with E-state index in [2.05, 4.69) is 112 Å². The lowest BCUT2D eigenvalue weighted by Gasteiger charge is -2.38. The molecule has 1 aliphatic rings. The molecule has 1 fully saturated rings. The van der Waals surface area contributed by atoms with E-state index in [0.29, 0.717) is 0 Å². The van der Waals surface area contributed by atoms with Crippen LogP contribution in [-0.2, 0) is 0 Å². The summed E-state index contributed by atoms with van der Waals surface area (Å²) >= 11 is 0. The first kappa shape index (κ1) is 20.4. The predicted octanol–water partition coefficient (Wildman–Crippen LogP) is 3.67. The molecule has 0 amide bonds. The van der Waals surface area contributed by atoms with Crippen LogP contribution in [0.15, 0.2) is 66.7 Å². The third-order valence-corrected chi connectivity index (χ3v) is 5.61. The molecule has 3 aromatic rings. The molecule has 6 heteroatoms. The van der Waals surface area contributed by atoms with E-state index in [9.17, 15) is 0 Å². The minimum atomic E-state index is 0.0746. The minimum absolute atomic E-state index is 0.0746. The van der Waals surface area contributed by atoms with Crippen molar-refractivity contribution in [3.05, 3.63) is 83.7 Å². The van der Waals surface area contributed by atoms with Crippen LogP contribution < -0.4 is 0 Å². The minimum Gasteiger partial charge on any atom is -0.297 e. The Kier molecular flexibility index (Phi) is 6.67. The third-order valence-electron chi connectivity index (χ3n) is 5.61. The summed E-state index contributed by atoms with van der Waals surface area (Å²) in [4.78, 5) is 5.01. The molecule has 0 bridgehead atoms. The molecule has 0 saturated carbocycles. The van der Waals surface area contributed by atoms with Crippen LogP contribution >= 0.6 is 0 Å². The van der Waals surface area contributed by atoms with Crippen LogP contribution in [0.25, 0.3) is 6.08 Å². The van der Waals surface area contributed by atoms with E-state index in [4.69, 9.17) is 0 Å². The van der Waals surface area contributed by atoms with E-state index in [1.54, 1.807) is 0 Å². The summed E-state index contributed by atoms with van der Waals surface area (Å²) in [5, 5.41) is 12.7. The smallest absolute Gasteiger partial charge is 0.173 e. The van der Waals surface area contributed by atoms with Crippen molar-refractivity contribution in [2.45, 2.75) is 25.9 Å². The Hall–Kier alpha value is -2.83. The Morgan fingerprint density at radius 1 is 0.900 bits per heavy atom. The first-order chi connectivity index (χ1) is 14.7. The van der Waals surface area contributed by atoms with Gasteiger partial charge in [-0.05, 0) is 35.4 Å². The number of hydrogen-bond acceptors (Lipinski definition) is 5. The maximum absolute atomic E-state index is 4.43. The summed E-state index contributed by atoms with van der Waals surface area (Å²) in [6.45, 7) is 9.27. The normalized spacial score (nSPS) is 17.0. The highest BCUT2D eigenvalue weighted by Crippen LogP contribution is 2.29. The van der Waals surface area contributed by atoms with Gasteiger partial charge in [0.05, 0.1) is 12.1 Å². The van der Waals surface area contributed by atoms with Crippen molar-refractivity contribution < 1.29 is 0 Å². The number of tetrazole rings is 1. The number of aromatic nitrogens is 4. The molecule has 30 heavy (non-hydrogen) atoms. The zero-order valence-corrected chi connectivity index (χ0v) is 17.8. The number of hydrogen-bond donors (Lipinski definition) is 0. The van der Waals surface area contributed by atoms with Gasteiger partial charge in [-0.1, -0.05) is 72.8 Å². The lowest BCUT2D eigenvalue weighted by molar-refractivity contribution is 0.112. The zero-order chi connectivity index (χ0) is 20.8. The molecule has 0 spiro atoms. The fraction of sp³-hybridized carbons (Fsp3) is 0.375. The first-order valence-electron chi connectivity index (χ1n) is 10.7. The SMILES string of the molecule is CC(C)n1nnnc1C(c1ccccc1)N1CCN(CC=Cc2ccccc2)CC1. The Morgan fingerprint density at radius 3 is 2.23 bits per heavy atom. The van der Waals surface area contributed by atoms with Gasteiger partial charge in [0.15, 0.2) is 5.82 Å². The molecule has 0 aliphatic carbocycles. The van der Waals surface area contributed by atoms with Gasteiger partial charge in [0.1, 0.15) is 0 Å². The molecule has 6 nitrogen and oxygen atoms in total. The van der Waals surface area contributed by atoms with Crippen LogP contribution in [-0.4, -0.2) is 62.7 Å². The van der Waals surface area contributed by atoms with Crippen molar-refractivity contribution in [3.63, 3.8) is 0 Å². The summed E-state index contributed by atoms with van der Waals surface area (Å²) in [6, 6.07) is 21.4. The second-order valence-electron chi connectivity index (χ2n) is 8.04. The van der Waals surface area contributed by atoms with Gasteiger partial charge in [0.25, 0.3) is 0 Å². The molecule has 1 atom stereocenters. The van der Waals surface area contributed by atoms with Gasteiger partial charge in [-0.15, -0.1) is 5.10 Å². The molecular formula is C24H30N6. The average Bonchev–Trinajstić information content (AvgIpc) is 3.26. The number of piperazine rings is 1. The van der Waals surface area contributed by atoms with Crippen molar-refractivity contribution in [3.8, 4) is 0 Å². The Bertz CT molecular complexity index is 927. The van der Waals surface area contributed by atoms with Crippen LogP contribution in [0.4, 0.5) is 0 Å². The van der Waals surface area contributed by atoms with E-state index in [1.165, 1.54) is 11.1 Å². The summed E-state index contributed by atoms with van der Waals surface area (Å²) < 4.78 is 1.95. The van der Waals surface area contributed by atoms with Crippen LogP contribution in [0.2, 0.25) is 0 Å². The summed E-state index contributed by atoms with van der Waals surface area (Å²) in [5.74, 6) is 0.925. The summed E-state index contributed by atoms with van der Waals surface area (Å²) in [6.07, 6.45) is 4.47. The van der Waals surface area contributed by atoms with Gasteiger partial charge in [0, 0.05) is 32.7 Å². The topological polar surface area (TPSA) is 50.1 Å². The van der Waals surface area contributed by atoms with Crippen LogP contribution in [0.1, 0.15) is 42.9 Å². The number of benzene rings is 2. The Labute approximate surface area is 178 Å². The highest BCUT2D eigenvalue weighted by molar-refractivity contribution is 5.48. The Morgan fingerprint density at radius 2 is 1.57 bits per heavy atom. The van der Waals surface area contributed by atoms with E-state index >= 15 is 0 Å². The maximum atomic E-state index is 4.43. The molecule has 1 unspecified atom stereocenters. The average molecular weight is 403 g/mol. The second-order valence-corrected chi connectivity index (χ2v) is 8.04. The largest absolute Gasteiger partial charge is 0.297 e. The van der Waals surface area contributed by atoms with Crippen molar-refractivity contribution >= 4 is 6.08 Å². The monoisotopic (exact) mass is 402 g/mol. The zero-order valence-electron chi connectivity index (χ0n) is 17.8. The summed E-state index contributed by atoms with van der Waals surface area (Å²) in [7, 11) is 0. The van der Waals surface area contributed by atoms with E-state index < -0.39 is 0 Å². The third kappa shape index (κ3) is 4.83. The molecular weight excluding hydrogens is 372 g/mol. The van der Waals surface area contributed by atoms with Crippen LogP contribution in [0.5, 0.6) is 0 Å². The highest BCUT2D eigenvalue weighted by atomic mass is 15.6. The Balaban J connectivity index is 1.45. The molecule has 1 saturated heterocycles. The summed E-state index contributed by atoms with van der Waals surface area (Å²) in [5.41, 5.74) is 2.49. The van der Waals surface area contributed by atoms with Gasteiger partial charge in [-0.2, -0.15) is 0 Å². The molecule has 0 radical (unpaired) electrons. The van der Waals surface area contributed by atoms with Gasteiger partial charge >= 0.3 is 0 Å². The number of nitrogens with zero attached hydrogens (tertiary/aromatic N) is 6. The lowest BCUT2D eigenvalue weighted by Crippen LogP contribution is -2.48. The number of rotatable bonds is 7. The molecule has 2 aromatic carbocycles. The van der Waals surface area contributed by atoms with Gasteiger partial charge in [-0.3, -0.25) is 9.80 Å². The van der Waals surface area contributed by atoms with E-state index in [0.717, 1.165) is 38.5 Å². The maximum Gasteiger partial charge on any atom is 0.173 e. The fourth-order valence-corrected chi connectivity index (χ4v) is 4.01. The van der Waals surface area contributed by atoms with Gasteiger partial charge < -0.3 is 0 Å². The van der Waals surface area contributed by atoms with E-state index in [1.807, 2.05) is 4.68 Å². The van der Waals surface area contributed by atoms with Crippen molar-refractivity contribution in [1.29, 1.82) is 0 Å². The van der Waals surface area contributed by atoms with Gasteiger partial charge in [-0.25, -0.2) is 4.68 Å². The van der Waals surface area contributed by atoms with Crippen LogP contribution in [0.3, 0.4) is 0 Å². The molecule has 4 rings (SSSR count). The molecule has 2 heterocycles. The molecule has 1 aliphatic heterocycles. The van der Waals surface area contributed by atoms with Crippen LogP contribution in [0, 0.1) is 0 Å².